The van der Waals surface area contributed by atoms with Gasteiger partial charge in [-0.3, -0.25) is 28.8 Å². The van der Waals surface area contributed by atoms with Crippen LogP contribution in [0.1, 0.15) is 56.2 Å². The fraction of sp³-hybridized carbons (Fsp3) is 0.422. The average molecular weight is 856 g/mol. The van der Waals surface area contributed by atoms with Crippen LogP contribution in [0.3, 0.4) is 0 Å². The molecule has 61 heavy (non-hydrogen) atoms. The summed E-state index contributed by atoms with van der Waals surface area (Å²) < 4.78 is 0. The fourth-order valence-corrected chi connectivity index (χ4v) is 7.17. The Balaban J connectivity index is 1.71. The highest BCUT2D eigenvalue weighted by molar-refractivity contribution is 7.80. The second-order valence-electron chi connectivity index (χ2n) is 15.5. The SMILES string of the molecule is CC(C)[C@@H]([C]=O)NC(=O)[C@H](CCCCN)NC(=O)[C@@H](Cc1c[nH]c2ccccc12)NC(=O)[C@H](Cc1ccc(O)cc1)NC(=O)[C@H](Cc1ccccc1)N(C)C(=O)[C@@H](N)CCS. The molecule has 1 radical (unpaired) electrons. The van der Waals surface area contributed by atoms with Gasteiger partial charge in [-0.25, -0.2) is 0 Å². The van der Waals surface area contributed by atoms with Gasteiger partial charge in [0.2, 0.25) is 35.8 Å². The standard InChI is InChI=1S/C45H59N8O7S/c1-28(2)39(27-54)52-41(56)36(15-9-10-21-46)49-43(58)38(25-31-26-48-35-14-8-7-13-33(31)35)50-42(57)37(23-30-16-18-32(55)19-17-30)51-44(59)40(24-29-11-5-4-6-12-29)53(3)45(60)34(47)20-22-61/h4-8,11-14,16-19,26,28,34,36-40,48,55,61H,9-10,15,20-25,46-47H2,1-3H3,(H,49,58)(H,50,57)(H,51,59)(H,52,56)/t34-,36-,37-,38+,39+,40-/m0/s1. The van der Waals surface area contributed by atoms with Gasteiger partial charge in [0, 0.05) is 43.4 Å². The highest BCUT2D eigenvalue weighted by atomic mass is 32.1. The largest absolute Gasteiger partial charge is 0.508 e. The highest BCUT2D eigenvalue weighted by Gasteiger charge is 2.35. The molecule has 0 saturated carbocycles. The van der Waals surface area contributed by atoms with E-state index >= 15 is 0 Å². The molecular formula is C45H59N8O7S. The van der Waals surface area contributed by atoms with Gasteiger partial charge >= 0.3 is 0 Å². The van der Waals surface area contributed by atoms with Crippen LogP contribution in [0.25, 0.3) is 10.9 Å². The van der Waals surface area contributed by atoms with Crippen LogP contribution in [0.2, 0.25) is 0 Å². The number of H-pyrrole nitrogens is 1. The number of carbonyl (C=O) groups is 5. The zero-order valence-corrected chi connectivity index (χ0v) is 35.8. The second-order valence-corrected chi connectivity index (χ2v) is 16.0. The van der Waals surface area contributed by atoms with Crippen LogP contribution < -0.4 is 32.7 Å². The molecule has 0 unspecified atom stereocenters. The topological polar surface area (TPSA) is 242 Å². The Hall–Kier alpha value is -5.71. The number of fused-ring (bicyclic) bond motifs is 1. The Morgan fingerprint density at radius 1 is 0.754 bits per heavy atom. The number of nitrogens with one attached hydrogen (secondary N) is 5. The lowest BCUT2D eigenvalue weighted by molar-refractivity contribution is -0.141. The first-order valence-electron chi connectivity index (χ1n) is 20.5. The van der Waals surface area contributed by atoms with Gasteiger partial charge in [0.05, 0.1) is 12.1 Å². The van der Waals surface area contributed by atoms with Crippen molar-refractivity contribution < 1.29 is 33.9 Å². The summed E-state index contributed by atoms with van der Waals surface area (Å²) in [6, 6.07) is 16.1. The molecule has 6 atom stereocenters. The van der Waals surface area contributed by atoms with Crippen molar-refractivity contribution in [1.82, 2.24) is 31.2 Å². The highest BCUT2D eigenvalue weighted by Crippen LogP contribution is 2.20. The Bertz CT molecular complexity index is 2060. The quantitative estimate of drug-likeness (QED) is 0.0370. The normalized spacial score (nSPS) is 14.2. The first-order valence-corrected chi connectivity index (χ1v) is 21.2. The Morgan fingerprint density at radius 3 is 1.98 bits per heavy atom. The minimum absolute atomic E-state index is 0.000617. The summed E-state index contributed by atoms with van der Waals surface area (Å²) in [6.45, 7) is 3.89. The molecule has 5 amide bonds. The number of phenols is 1. The van der Waals surface area contributed by atoms with Crippen molar-refractivity contribution >= 4 is 59.4 Å². The van der Waals surface area contributed by atoms with Crippen molar-refractivity contribution in [3.8, 4) is 5.75 Å². The number of hydrogen-bond acceptors (Lipinski definition) is 10. The van der Waals surface area contributed by atoms with Crippen molar-refractivity contribution in [1.29, 1.82) is 0 Å². The Labute approximate surface area is 362 Å². The first kappa shape index (κ1) is 48.0. The lowest BCUT2D eigenvalue weighted by atomic mass is 9.99. The number of unbranched alkanes of at least 4 members (excludes halogenated alkanes) is 1. The zero-order chi connectivity index (χ0) is 44.5. The molecule has 16 heteroatoms. The van der Waals surface area contributed by atoms with E-state index in [-0.39, 0.29) is 43.8 Å². The van der Waals surface area contributed by atoms with Crippen LogP contribution in [-0.2, 0) is 48.0 Å². The minimum Gasteiger partial charge on any atom is -0.508 e. The number of thiol groups is 1. The first-order chi connectivity index (χ1) is 29.3. The molecule has 0 bridgehead atoms. The molecule has 327 valence electrons. The van der Waals surface area contributed by atoms with E-state index in [9.17, 15) is 33.9 Å². The zero-order valence-electron chi connectivity index (χ0n) is 34.9. The van der Waals surface area contributed by atoms with Crippen LogP contribution in [0.4, 0.5) is 0 Å². The van der Waals surface area contributed by atoms with Crippen LogP contribution in [-0.4, -0.2) is 106 Å². The number of nitrogens with two attached hydrogens (primary N) is 2. The molecule has 0 saturated heterocycles. The number of phenolic OH excluding ortho intramolecular Hbond substituents is 1. The van der Waals surface area contributed by atoms with E-state index in [4.69, 9.17) is 11.5 Å². The minimum atomic E-state index is -1.29. The number of aromatic amines is 1. The number of nitrogens with zero attached hydrogens (tertiary/aromatic N) is 1. The van der Waals surface area contributed by atoms with E-state index in [2.05, 4.69) is 38.9 Å². The summed E-state index contributed by atoms with van der Waals surface area (Å²) in [5, 5.41) is 22.0. The summed E-state index contributed by atoms with van der Waals surface area (Å²) in [4.78, 5) is 86.7. The maximum absolute atomic E-state index is 14.6. The lowest BCUT2D eigenvalue weighted by Crippen LogP contribution is -2.60. The van der Waals surface area contributed by atoms with Gasteiger partial charge in [0.25, 0.3) is 0 Å². The number of aromatic nitrogens is 1. The third-order valence-electron chi connectivity index (χ3n) is 10.6. The van der Waals surface area contributed by atoms with Crippen LogP contribution >= 0.6 is 12.6 Å². The smallest absolute Gasteiger partial charge is 0.243 e. The lowest BCUT2D eigenvalue weighted by Gasteiger charge is -2.31. The van der Waals surface area contributed by atoms with Crippen molar-refractivity contribution in [2.24, 2.45) is 17.4 Å². The summed E-state index contributed by atoms with van der Waals surface area (Å²) in [7, 11) is 1.49. The van der Waals surface area contributed by atoms with Crippen LogP contribution in [0.5, 0.6) is 5.75 Å². The molecule has 1 heterocycles. The van der Waals surface area contributed by atoms with E-state index in [0.29, 0.717) is 36.3 Å². The monoisotopic (exact) mass is 855 g/mol. The molecular weight excluding hydrogens is 797 g/mol. The summed E-state index contributed by atoms with van der Waals surface area (Å²) in [5.41, 5.74) is 14.8. The number of likely N-dealkylation sites (N-methyl/N-ethyl adjacent to an activating group) is 1. The molecule has 1 aromatic heterocycles. The summed E-state index contributed by atoms with van der Waals surface area (Å²) in [6.07, 6.45) is 5.18. The maximum Gasteiger partial charge on any atom is 0.243 e. The maximum atomic E-state index is 14.6. The predicted molar refractivity (Wildman–Crippen MR) is 238 cm³/mol. The molecule has 10 N–H and O–H groups in total. The summed E-state index contributed by atoms with van der Waals surface area (Å²) >= 11 is 4.22. The van der Waals surface area contributed by atoms with Gasteiger partial charge in [-0.2, -0.15) is 12.6 Å². The van der Waals surface area contributed by atoms with Gasteiger partial charge in [0.1, 0.15) is 29.9 Å². The van der Waals surface area contributed by atoms with Gasteiger partial charge in [0.15, 0.2) is 0 Å². The average Bonchev–Trinajstić information content (AvgIpc) is 3.66. The molecule has 0 aliphatic rings. The number of hydrogen-bond donors (Lipinski definition) is 9. The molecule has 0 aliphatic carbocycles. The van der Waals surface area contributed by atoms with Gasteiger partial charge in [-0.15, -0.1) is 0 Å². The molecule has 0 aliphatic heterocycles. The van der Waals surface area contributed by atoms with E-state index in [1.54, 1.807) is 32.2 Å². The molecule has 0 fully saturated rings. The van der Waals surface area contributed by atoms with E-state index in [0.717, 1.165) is 16.5 Å². The van der Waals surface area contributed by atoms with E-state index in [1.807, 2.05) is 60.9 Å². The molecule has 15 nitrogen and oxygen atoms in total. The van der Waals surface area contributed by atoms with Crippen molar-refractivity contribution in [3.05, 3.63) is 102 Å². The van der Waals surface area contributed by atoms with E-state index in [1.165, 1.54) is 24.1 Å². The number of carbonyl (C=O) groups excluding carboxylic acids is 6. The number of aromatic hydroxyl groups is 1. The second kappa shape index (κ2) is 23.9. The molecule has 4 rings (SSSR count). The third-order valence-corrected chi connectivity index (χ3v) is 10.8. The van der Waals surface area contributed by atoms with Crippen LogP contribution in [0.15, 0.2) is 85.1 Å². The number of rotatable bonds is 24. The van der Waals surface area contributed by atoms with Crippen molar-refractivity contribution in [3.63, 3.8) is 0 Å². The fourth-order valence-electron chi connectivity index (χ4n) is 6.89. The Morgan fingerprint density at radius 2 is 1.34 bits per heavy atom. The molecule has 3 aromatic carbocycles. The predicted octanol–water partition coefficient (Wildman–Crippen LogP) is 2.21. The number of amides is 5. The van der Waals surface area contributed by atoms with Crippen molar-refractivity contribution in [2.45, 2.75) is 95.0 Å². The van der Waals surface area contributed by atoms with Crippen LogP contribution in [0, 0.1) is 5.92 Å². The number of para-hydroxylation sites is 1. The third kappa shape index (κ3) is 14.2. The van der Waals surface area contributed by atoms with E-state index < -0.39 is 65.8 Å². The Kier molecular flexibility index (Phi) is 18.8. The van der Waals surface area contributed by atoms with Gasteiger partial charge in [-0.1, -0.05) is 74.5 Å². The molecule has 0 spiro atoms. The molecule has 4 aromatic rings. The summed E-state index contributed by atoms with van der Waals surface area (Å²) in [5.74, 6) is -3.00. The van der Waals surface area contributed by atoms with Gasteiger partial charge < -0.3 is 47.7 Å². The van der Waals surface area contributed by atoms with Gasteiger partial charge in [-0.05, 0) is 78.8 Å². The van der Waals surface area contributed by atoms with Crippen molar-refractivity contribution in [2.75, 3.05) is 19.3 Å². The number of benzene rings is 3.